The summed E-state index contributed by atoms with van der Waals surface area (Å²) in [5.74, 6) is 0.121. The molecule has 0 saturated carbocycles. The van der Waals surface area contributed by atoms with Crippen LogP contribution in [-0.2, 0) is 10.0 Å². The molecule has 0 aliphatic carbocycles. The van der Waals surface area contributed by atoms with E-state index >= 15 is 0 Å². The minimum absolute atomic E-state index is 0.109. The third-order valence-electron chi connectivity index (χ3n) is 8.40. The van der Waals surface area contributed by atoms with Crippen molar-refractivity contribution in [1.82, 2.24) is 9.88 Å². The average Bonchev–Trinajstić information content (AvgIpc) is 3.52. The van der Waals surface area contributed by atoms with Gasteiger partial charge in [0.1, 0.15) is 22.9 Å². The molecule has 0 spiro atoms. The number of nitrogens with zero attached hydrogens (tertiary/aromatic N) is 2. The Morgan fingerprint density at radius 1 is 1.11 bits per heavy atom. The molecule has 1 amide bonds. The Labute approximate surface area is 271 Å². The van der Waals surface area contributed by atoms with Crippen LogP contribution in [0.2, 0.25) is 5.02 Å². The molecular weight excluding hydrogens is 629 g/mol. The van der Waals surface area contributed by atoms with E-state index in [4.69, 9.17) is 20.8 Å². The van der Waals surface area contributed by atoms with E-state index in [0.717, 1.165) is 28.1 Å². The van der Waals surface area contributed by atoms with Gasteiger partial charge in [-0.25, -0.2) is 12.8 Å². The van der Waals surface area contributed by atoms with Crippen molar-refractivity contribution in [1.29, 1.82) is 0 Å². The second-order valence-corrected chi connectivity index (χ2v) is 14.0. The number of halogens is 2. The number of rotatable bonds is 6. The van der Waals surface area contributed by atoms with Gasteiger partial charge in [-0.2, -0.15) is 0 Å². The minimum Gasteiger partial charge on any atom is -0.469 e. The van der Waals surface area contributed by atoms with Gasteiger partial charge in [-0.05, 0) is 55.0 Å². The van der Waals surface area contributed by atoms with Crippen molar-refractivity contribution >= 4 is 56.8 Å². The molecule has 1 N–H and O–H groups in total. The van der Waals surface area contributed by atoms with Gasteiger partial charge in [0, 0.05) is 58.7 Å². The number of hydrogen-bond donors (Lipinski definition) is 1. The molecule has 0 radical (unpaired) electrons. The first-order chi connectivity index (χ1) is 21.8. The molecule has 0 fully saturated rings. The lowest BCUT2D eigenvalue weighted by Gasteiger charge is -2.32. The molecule has 1 unspecified atom stereocenters. The summed E-state index contributed by atoms with van der Waals surface area (Å²) in [6.45, 7) is 10.3. The maximum absolute atomic E-state index is 13.8. The summed E-state index contributed by atoms with van der Waals surface area (Å²) < 4.78 is 55.4. The molecule has 1 atom stereocenters. The Hall–Kier alpha value is -4.54. The van der Waals surface area contributed by atoms with Gasteiger partial charge >= 0.3 is 0 Å². The van der Waals surface area contributed by atoms with Crippen LogP contribution < -0.4 is 24.9 Å². The number of amides is 1. The van der Waals surface area contributed by atoms with Gasteiger partial charge in [0.15, 0.2) is 6.23 Å². The summed E-state index contributed by atoms with van der Waals surface area (Å²) in [6.07, 6.45) is 2.70. The number of nitrogens with one attached hydrogen (secondary N) is 1. The quantitative estimate of drug-likeness (QED) is 0.223. The molecular formula is C35H33ClFN3O5S. The second kappa shape index (κ2) is 11.4. The molecule has 0 saturated heterocycles. The number of carbonyl (C=O) groups excluding carboxylic acids is 1. The van der Waals surface area contributed by atoms with Crippen LogP contribution in [0.5, 0.6) is 5.75 Å². The standard InChI is InChI=1S/C35H33ClFN3O5S/c1-8-23-19(4)40-32(31(23)36)26-15-21(11-14-28(26)45-35(40)18(2)3)24-16-25-29(17-27(24)39(6)46(7,42)43)44-33(30(25)34(41)38-5)20-9-12-22(37)13-10-20/h8-18,35H,4H2,1-3,5-7H3,(H,38,41)/b23-8+. The summed E-state index contributed by atoms with van der Waals surface area (Å²) in [6, 6.07) is 14.6. The fourth-order valence-electron chi connectivity index (χ4n) is 6.01. The first kappa shape index (κ1) is 31.4. The SMILES string of the molecule is C=c1/c(=C\C)c(Cl)c2n1C(C(C)C)Oc1ccc(-c3cc4c(C(=O)NC)c(-c5ccc(F)cc5)oc4cc3N(C)S(C)(=O)=O)cc1-2. The Morgan fingerprint density at radius 3 is 2.39 bits per heavy atom. The van der Waals surface area contributed by atoms with E-state index < -0.39 is 21.7 Å². The summed E-state index contributed by atoms with van der Waals surface area (Å²) >= 11 is 6.99. The van der Waals surface area contributed by atoms with Crippen LogP contribution in [0.15, 0.2) is 59.0 Å². The van der Waals surface area contributed by atoms with Gasteiger partial charge in [-0.1, -0.05) is 44.2 Å². The number of hydrogen-bond acceptors (Lipinski definition) is 5. The van der Waals surface area contributed by atoms with E-state index in [-0.39, 0.29) is 29.1 Å². The molecule has 1 aliphatic rings. The van der Waals surface area contributed by atoms with Crippen molar-refractivity contribution in [3.63, 3.8) is 0 Å². The van der Waals surface area contributed by atoms with Gasteiger partial charge in [-0.3, -0.25) is 9.10 Å². The van der Waals surface area contributed by atoms with Crippen molar-refractivity contribution in [3.8, 4) is 39.5 Å². The molecule has 3 heterocycles. The predicted molar refractivity (Wildman–Crippen MR) is 182 cm³/mol. The van der Waals surface area contributed by atoms with E-state index in [9.17, 15) is 17.6 Å². The van der Waals surface area contributed by atoms with E-state index in [2.05, 4.69) is 25.7 Å². The summed E-state index contributed by atoms with van der Waals surface area (Å²) in [4.78, 5) is 13.3. The van der Waals surface area contributed by atoms with E-state index in [1.54, 1.807) is 12.1 Å². The fourth-order valence-corrected chi connectivity index (χ4v) is 6.93. The Morgan fingerprint density at radius 2 is 1.78 bits per heavy atom. The molecule has 46 heavy (non-hydrogen) atoms. The van der Waals surface area contributed by atoms with Crippen LogP contribution in [0.4, 0.5) is 10.1 Å². The Bertz CT molecular complexity index is 2270. The van der Waals surface area contributed by atoms with Crippen molar-refractivity contribution in [3.05, 3.63) is 81.6 Å². The van der Waals surface area contributed by atoms with Crippen LogP contribution in [-0.4, -0.2) is 39.2 Å². The molecule has 5 aromatic rings. The summed E-state index contributed by atoms with van der Waals surface area (Å²) in [7, 11) is -0.758. The highest BCUT2D eigenvalue weighted by atomic mass is 35.5. The lowest BCUT2D eigenvalue weighted by atomic mass is 9.95. The summed E-state index contributed by atoms with van der Waals surface area (Å²) in [5, 5.41) is 5.21. The zero-order valence-electron chi connectivity index (χ0n) is 26.2. The topological polar surface area (TPSA) is 93.8 Å². The van der Waals surface area contributed by atoms with E-state index in [1.807, 2.05) is 35.8 Å². The molecule has 11 heteroatoms. The van der Waals surface area contributed by atoms with Gasteiger partial charge < -0.3 is 19.0 Å². The highest BCUT2D eigenvalue weighted by Gasteiger charge is 2.32. The number of benzene rings is 3. The zero-order valence-corrected chi connectivity index (χ0v) is 27.8. The lowest BCUT2D eigenvalue weighted by molar-refractivity contribution is 0.0768. The average molecular weight is 662 g/mol. The first-order valence-corrected chi connectivity index (χ1v) is 16.9. The number of fused-ring (bicyclic) bond motifs is 4. The minimum atomic E-state index is -3.72. The summed E-state index contributed by atoms with van der Waals surface area (Å²) in [5.41, 5.74) is 4.00. The predicted octanol–water partition coefficient (Wildman–Crippen LogP) is 6.54. The van der Waals surface area contributed by atoms with Gasteiger partial charge in [-0.15, -0.1) is 0 Å². The molecule has 1 aliphatic heterocycles. The normalized spacial score (nSPS) is 14.7. The van der Waals surface area contributed by atoms with Gasteiger partial charge in [0.05, 0.1) is 28.2 Å². The van der Waals surface area contributed by atoms with Crippen molar-refractivity contribution in [2.45, 2.75) is 27.0 Å². The third kappa shape index (κ3) is 4.96. The van der Waals surface area contributed by atoms with Gasteiger partial charge in [0.2, 0.25) is 10.0 Å². The number of anilines is 1. The van der Waals surface area contributed by atoms with Gasteiger partial charge in [0.25, 0.3) is 5.91 Å². The molecule has 6 rings (SSSR count). The highest BCUT2D eigenvalue weighted by Crippen LogP contribution is 2.46. The monoisotopic (exact) mass is 661 g/mol. The fraction of sp³-hybridized carbons (Fsp3) is 0.229. The van der Waals surface area contributed by atoms with Crippen LogP contribution in [0.25, 0.3) is 57.3 Å². The van der Waals surface area contributed by atoms with E-state index in [1.165, 1.54) is 42.7 Å². The molecule has 8 nitrogen and oxygen atoms in total. The van der Waals surface area contributed by atoms with Crippen molar-refractivity contribution in [2.75, 3.05) is 24.7 Å². The van der Waals surface area contributed by atoms with Crippen molar-refractivity contribution in [2.24, 2.45) is 5.92 Å². The lowest BCUT2D eigenvalue weighted by Crippen LogP contribution is -2.36. The van der Waals surface area contributed by atoms with E-state index in [0.29, 0.717) is 38.5 Å². The zero-order chi connectivity index (χ0) is 33.2. The first-order valence-electron chi connectivity index (χ1n) is 14.7. The second-order valence-electron chi connectivity index (χ2n) is 11.6. The number of carbonyl (C=O) groups is 1. The smallest absolute Gasteiger partial charge is 0.255 e. The molecule has 238 valence electrons. The number of sulfonamides is 1. The maximum Gasteiger partial charge on any atom is 0.255 e. The number of aromatic nitrogens is 1. The van der Waals surface area contributed by atoms with Crippen LogP contribution in [0, 0.1) is 11.7 Å². The third-order valence-corrected chi connectivity index (χ3v) is 9.97. The maximum atomic E-state index is 13.8. The van der Waals surface area contributed by atoms with Crippen LogP contribution >= 0.6 is 11.6 Å². The molecule has 2 aromatic heterocycles. The molecule has 0 bridgehead atoms. The van der Waals surface area contributed by atoms with Crippen molar-refractivity contribution < 1.29 is 26.8 Å². The number of ether oxygens (including phenoxy) is 1. The highest BCUT2D eigenvalue weighted by molar-refractivity contribution is 7.92. The Kier molecular flexibility index (Phi) is 7.77. The van der Waals surface area contributed by atoms with Crippen LogP contribution in [0.1, 0.15) is 37.4 Å². The Balaban J connectivity index is 1.66. The molecule has 3 aromatic carbocycles. The largest absolute Gasteiger partial charge is 0.469 e. The van der Waals surface area contributed by atoms with Crippen LogP contribution in [0.3, 0.4) is 0 Å². The number of furan rings is 1.